The molecule has 0 fully saturated rings. The molecule has 2 heteroatoms. The van der Waals surface area contributed by atoms with Crippen LogP contribution in [0.2, 0.25) is 0 Å². The largest absolute Gasteiger partial charge is 0.399 e. The first-order chi connectivity index (χ1) is 10.7. The maximum Gasteiger partial charge on any atom is 0.0366 e. The Morgan fingerprint density at radius 3 is 1.68 bits per heavy atom. The quantitative estimate of drug-likeness (QED) is 0.609. The van der Waals surface area contributed by atoms with Crippen molar-refractivity contribution >= 4 is 23.5 Å². The van der Waals surface area contributed by atoms with E-state index in [2.05, 4.69) is 61.2 Å². The van der Waals surface area contributed by atoms with Gasteiger partial charge in [0.2, 0.25) is 0 Å². The van der Waals surface area contributed by atoms with E-state index in [1.54, 1.807) is 0 Å². The number of nitrogens with two attached hydrogens (primary N) is 1. The normalized spacial score (nSPS) is 11.4. The van der Waals surface area contributed by atoms with Crippen molar-refractivity contribution in [2.24, 2.45) is 0 Å². The van der Waals surface area contributed by atoms with E-state index >= 15 is 0 Å². The second kappa shape index (κ2) is 8.08. The highest BCUT2D eigenvalue weighted by atomic mass is 15.1. The molecule has 2 nitrogen and oxygen atoms in total. The van der Waals surface area contributed by atoms with Gasteiger partial charge < -0.3 is 10.6 Å². The van der Waals surface area contributed by atoms with Crippen molar-refractivity contribution in [1.29, 1.82) is 0 Å². The van der Waals surface area contributed by atoms with Gasteiger partial charge in [-0.1, -0.05) is 48.6 Å². The minimum absolute atomic E-state index is 0.793. The van der Waals surface area contributed by atoms with Crippen molar-refractivity contribution in [3.05, 3.63) is 71.8 Å². The van der Waals surface area contributed by atoms with E-state index in [-0.39, 0.29) is 0 Å². The molecule has 0 bridgehead atoms. The predicted molar refractivity (Wildman–Crippen MR) is 98.9 cm³/mol. The molecule has 114 valence electrons. The summed E-state index contributed by atoms with van der Waals surface area (Å²) in [7, 11) is 0. The van der Waals surface area contributed by atoms with Crippen LogP contribution in [-0.4, -0.2) is 13.1 Å². The molecule has 0 spiro atoms. The predicted octanol–water partition coefficient (Wildman–Crippen LogP) is 4.84. The number of rotatable bonds is 6. The Morgan fingerprint density at radius 1 is 0.773 bits per heavy atom. The molecule has 0 radical (unpaired) electrons. The van der Waals surface area contributed by atoms with Crippen molar-refractivity contribution < 1.29 is 0 Å². The molecule has 0 aliphatic rings. The summed E-state index contributed by atoms with van der Waals surface area (Å²) < 4.78 is 0. The Labute approximate surface area is 133 Å². The first kappa shape index (κ1) is 15.9. The number of anilines is 2. The van der Waals surface area contributed by atoms with Crippen molar-refractivity contribution in [1.82, 2.24) is 0 Å². The lowest BCUT2D eigenvalue weighted by atomic mass is 10.1. The molecule has 22 heavy (non-hydrogen) atoms. The minimum atomic E-state index is 0.793. The molecular weight excluding hydrogens is 268 g/mol. The highest BCUT2D eigenvalue weighted by Crippen LogP contribution is 2.15. The Morgan fingerprint density at radius 2 is 1.23 bits per heavy atom. The molecule has 2 aromatic rings. The Kier molecular flexibility index (Phi) is 5.84. The molecular formula is C20H24N2. The summed E-state index contributed by atoms with van der Waals surface area (Å²) in [6.45, 7) is 6.44. The maximum atomic E-state index is 5.67. The van der Waals surface area contributed by atoms with Crippen LogP contribution in [0, 0.1) is 0 Å². The highest BCUT2D eigenvalue weighted by Gasteiger charge is 1.99. The van der Waals surface area contributed by atoms with Crippen LogP contribution >= 0.6 is 0 Å². The van der Waals surface area contributed by atoms with Gasteiger partial charge in [0.1, 0.15) is 0 Å². The van der Waals surface area contributed by atoms with Gasteiger partial charge in [-0.2, -0.15) is 0 Å². The Bertz CT molecular complexity index is 618. The third-order valence-electron chi connectivity index (χ3n) is 3.65. The number of hydrogen-bond acceptors (Lipinski definition) is 2. The first-order valence-electron chi connectivity index (χ1n) is 7.78. The average Bonchev–Trinajstić information content (AvgIpc) is 2.56. The standard InChI is InChI=1S/C20H24N2/c1-3-22(4-2)20-15-11-18(12-16-20)8-6-5-7-17-9-13-19(21)14-10-17/h5-16H,3-4,21H2,1-2H3/b7-5+,8-6+. The third kappa shape index (κ3) is 4.52. The summed E-state index contributed by atoms with van der Waals surface area (Å²) in [5.41, 5.74) is 10.1. The molecule has 0 saturated heterocycles. The van der Waals surface area contributed by atoms with Crippen LogP contribution in [0.1, 0.15) is 25.0 Å². The molecule has 0 aliphatic carbocycles. The molecule has 2 rings (SSSR count). The van der Waals surface area contributed by atoms with E-state index in [0.717, 1.165) is 24.3 Å². The lowest BCUT2D eigenvalue weighted by Gasteiger charge is -2.20. The summed E-state index contributed by atoms with van der Waals surface area (Å²) in [4.78, 5) is 2.34. The molecule has 0 amide bonds. The molecule has 0 heterocycles. The average molecular weight is 292 g/mol. The van der Waals surface area contributed by atoms with Gasteiger partial charge in [0, 0.05) is 24.5 Å². The van der Waals surface area contributed by atoms with Gasteiger partial charge in [0.25, 0.3) is 0 Å². The zero-order chi connectivity index (χ0) is 15.8. The second-order valence-corrected chi connectivity index (χ2v) is 5.15. The van der Waals surface area contributed by atoms with Gasteiger partial charge in [-0.25, -0.2) is 0 Å². The van der Waals surface area contributed by atoms with Crippen LogP contribution in [-0.2, 0) is 0 Å². The second-order valence-electron chi connectivity index (χ2n) is 5.15. The Balaban J connectivity index is 1.97. The fourth-order valence-corrected chi connectivity index (χ4v) is 2.33. The van der Waals surface area contributed by atoms with E-state index in [1.165, 1.54) is 11.3 Å². The number of allylic oxidation sites excluding steroid dienone is 2. The lowest BCUT2D eigenvalue weighted by molar-refractivity contribution is 0.866. The molecule has 0 saturated carbocycles. The number of benzene rings is 2. The van der Waals surface area contributed by atoms with Crippen molar-refractivity contribution in [2.45, 2.75) is 13.8 Å². The number of nitrogens with zero attached hydrogens (tertiary/aromatic N) is 1. The summed E-state index contributed by atoms with van der Waals surface area (Å²) in [5.74, 6) is 0. The molecule has 0 atom stereocenters. The summed E-state index contributed by atoms with van der Waals surface area (Å²) in [5, 5.41) is 0. The molecule has 2 aromatic carbocycles. The van der Waals surface area contributed by atoms with E-state index < -0.39 is 0 Å². The van der Waals surface area contributed by atoms with Gasteiger partial charge in [-0.15, -0.1) is 0 Å². The molecule has 0 unspecified atom stereocenters. The maximum absolute atomic E-state index is 5.67. The first-order valence-corrected chi connectivity index (χ1v) is 7.78. The summed E-state index contributed by atoms with van der Waals surface area (Å²) in [6.07, 6.45) is 8.28. The van der Waals surface area contributed by atoms with Crippen LogP contribution in [0.15, 0.2) is 60.7 Å². The van der Waals surface area contributed by atoms with E-state index in [4.69, 9.17) is 5.73 Å². The van der Waals surface area contributed by atoms with Crippen LogP contribution in [0.25, 0.3) is 12.2 Å². The molecule has 2 N–H and O–H groups in total. The summed E-state index contributed by atoms with van der Waals surface area (Å²) >= 11 is 0. The zero-order valence-corrected chi connectivity index (χ0v) is 13.4. The number of hydrogen-bond donors (Lipinski definition) is 1. The van der Waals surface area contributed by atoms with Crippen LogP contribution in [0.3, 0.4) is 0 Å². The Hall–Kier alpha value is -2.48. The smallest absolute Gasteiger partial charge is 0.0366 e. The fraction of sp³-hybridized carbons (Fsp3) is 0.200. The third-order valence-corrected chi connectivity index (χ3v) is 3.65. The zero-order valence-electron chi connectivity index (χ0n) is 13.4. The summed E-state index contributed by atoms with van der Waals surface area (Å²) in [6, 6.07) is 16.5. The van der Waals surface area contributed by atoms with E-state index in [1.807, 2.05) is 30.3 Å². The van der Waals surface area contributed by atoms with Gasteiger partial charge >= 0.3 is 0 Å². The monoisotopic (exact) mass is 292 g/mol. The van der Waals surface area contributed by atoms with Crippen LogP contribution in [0.5, 0.6) is 0 Å². The van der Waals surface area contributed by atoms with Crippen molar-refractivity contribution in [3.63, 3.8) is 0 Å². The highest BCUT2D eigenvalue weighted by molar-refractivity contribution is 5.60. The van der Waals surface area contributed by atoms with Crippen LogP contribution < -0.4 is 10.6 Å². The SMILES string of the molecule is CCN(CC)c1ccc(/C=C/C=C/c2ccc(N)cc2)cc1. The minimum Gasteiger partial charge on any atom is -0.399 e. The van der Waals surface area contributed by atoms with Crippen molar-refractivity contribution in [2.75, 3.05) is 23.7 Å². The van der Waals surface area contributed by atoms with E-state index in [0.29, 0.717) is 0 Å². The van der Waals surface area contributed by atoms with Gasteiger partial charge in [-0.05, 0) is 49.2 Å². The number of nitrogen functional groups attached to an aromatic ring is 1. The topological polar surface area (TPSA) is 29.3 Å². The molecule has 0 aromatic heterocycles. The van der Waals surface area contributed by atoms with Crippen molar-refractivity contribution in [3.8, 4) is 0 Å². The molecule has 0 aliphatic heterocycles. The van der Waals surface area contributed by atoms with Crippen LogP contribution in [0.4, 0.5) is 11.4 Å². The lowest BCUT2D eigenvalue weighted by Crippen LogP contribution is -2.21. The van der Waals surface area contributed by atoms with E-state index in [9.17, 15) is 0 Å². The fourth-order valence-electron chi connectivity index (χ4n) is 2.33. The van der Waals surface area contributed by atoms with Gasteiger partial charge in [-0.3, -0.25) is 0 Å². The van der Waals surface area contributed by atoms with Gasteiger partial charge in [0.05, 0.1) is 0 Å². The van der Waals surface area contributed by atoms with Gasteiger partial charge in [0.15, 0.2) is 0 Å².